The zero-order valence-corrected chi connectivity index (χ0v) is 22.5. The molecule has 0 aromatic heterocycles. The largest absolute Gasteiger partial charge is 0.493 e. The summed E-state index contributed by atoms with van der Waals surface area (Å²) in [6, 6.07) is 15.2. The van der Waals surface area contributed by atoms with Gasteiger partial charge in [0.25, 0.3) is 22.7 Å². The summed E-state index contributed by atoms with van der Waals surface area (Å²) in [6.07, 6.45) is 1.54. The minimum absolute atomic E-state index is 0.0605. The van der Waals surface area contributed by atoms with Crippen LogP contribution in [0.2, 0.25) is 10.0 Å². The summed E-state index contributed by atoms with van der Waals surface area (Å²) in [6.45, 7) is -0.448. The fourth-order valence-corrected chi connectivity index (χ4v) is 4.92. The third kappa shape index (κ3) is 6.69. The van der Waals surface area contributed by atoms with Crippen LogP contribution in [0.1, 0.15) is 11.1 Å². The van der Waals surface area contributed by atoms with Crippen molar-refractivity contribution in [2.45, 2.75) is 6.54 Å². The number of nitro benzene ring substituents is 1. The minimum atomic E-state index is -0.562. The Bertz CT molecular complexity index is 1490. The van der Waals surface area contributed by atoms with Crippen molar-refractivity contribution in [2.24, 2.45) is 0 Å². The lowest BCUT2D eigenvalue weighted by Gasteiger charge is -2.14. The second-order valence-electron chi connectivity index (χ2n) is 8.02. The van der Waals surface area contributed by atoms with Gasteiger partial charge in [0.1, 0.15) is 0 Å². The van der Waals surface area contributed by atoms with Gasteiger partial charge in [-0.2, -0.15) is 0 Å². The number of nitro groups is 1. The van der Waals surface area contributed by atoms with Crippen LogP contribution in [0.25, 0.3) is 6.08 Å². The molecule has 0 aliphatic carbocycles. The van der Waals surface area contributed by atoms with Crippen molar-refractivity contribution < 1.29 is 28.8 Å². The molecule has 0 atom stereocenters. The highest BCUT2D eigenvalue weighted by Crippen LogP contribution is 2.37. The van der Waals surface area contributed by atoms with Crippen LogP contribution >= 0.6 is 35.0 Å². The summed E-state index contributed by atoms with van der Waals surface area (Å²) >= 11 is 13.2. The normalized spacial score (nSPS) is 14.0. The van der Waals surface area contributed by atoms with Gasteiger partial charge in [-0.3, -0.25) is 29.4 Å². The van der Waals surface area contributed by atoms with Gasteiger partial charge < -0.3 is 14.8 Å². The van der Waals surface area contributed by atoms with Crippen LogP contribution in [-0.4, -0.2) is 40.6 Å². The highest BCUT2D eigenvalue weighted by atomic mass is 35.5. The molecule has 200 valence electrons. The number of carbonyl (C=O) groups is 3. The van der Waals surface area contributed by atoms with Crippen LogP contribution in [-0.2, 0) is 16.1 Å². The molecule has 0 spiro atoms. The van der Waals surface area contributed by atoms with Crippen molar-refractivity contribution in [2.75, 3.05) is 19.0 Å². The van der Waals surface area contributed by atoms with E-state index in [1.165, 1.54) is 31.4 Å². The zero-order valence-electron chi connectivity index (χ0n) is 20.2. The number of nitrogens with one attached hydrogen (secondary N) is 1. The van der Waals surface area contributed by atoms with E-state index in [4.69, 9.17) is 32.7 Å². The highest BCUT2D eigenvalue weighted by Gasteiger charge is 2.35. The molecule has 1 saturated heterocycles. The molecule has 1 aliphatic heterocycles. The Balaban J connectivity index is 1.43. The first-order chi connectivity index (χ1) is 18.7. The molecule has 3 aromatic carbocycles. The number of benzene rings is 3. The minimum Gasteiger partial charge on any atom is -0.493 e. The lowest BCUT2D eigenvalue weighted by molar-refractivity contribution is -0.384. The van der Waals surface area contributed by atoms with Gasteiger partial charge in [-0.25, -0.2) is 0 Å². The predicted molar refractivity (Wildman–Crippen MR) is 148 cm³/mol. The van der Waals surface area contributed by atoms with Crippen LogP contribution in [0.3, 0.4) is 0 Å². The quantitative estimate of drug-likeness (QED) is 0.179. The topological polar surface area (TPSA) is 128 Å². The van der Waals surface area contributed by atoms with E-state index in [-0.39, 0.29) is 40.9 Å². The zero-order chi connectivity index (χ0) is 28.1. The average molecular weight is 588 g/mol. The second kappa shape index (κ2) is 12.2. The van der Waals surface area contributed by atoms with Gasteiger partial charge in [0.15, 0.2) is 18.1 Å². The highest BCUT2D eigenvalue weighted by molar-refractivity contribution is 8.18. The molecule has 1 heterocycles. The number of anilines is 1. The van der Waals surface area contributed by atoms with E-state index in [2.05, 4.69) is 5.32 Å². The molecule has 0 bridgehead atoms. The van der Waals surface area contributed by atoms with Gasteiger partial charge in [0.2, 0.25) is 0 Å². The molecule has 39 heavy (non-hydrogen) atoms. The molecule has 1 N–H and O–H groups in total. The van der Waals surface area contributed by atoms with E-state index in [1.807, 2.05) is 0 Å². The van der Waals surface area contributed by atoms with Gasteiger partial charge in [-0.1, -0.05) is 41.4 Å². The molecule has 1 fully saturated rings. The van der Waals surface area contributed by atoms with Crippen LogP contribution in [0.5, 0.6) is 11.5 Å². The Morgan fingerprint density at radius 3 is 2.49 bits per heavy atom. The van der Waals surface area contributed by atoms with E-state index in [1.54, 1.807) is 42.5 Å². The van der Waals surface area contributed by atoms with Gasteiger partial charge in [0.05, 0.1) is 23.5 Å². The Labute approximate surface area is 236 Å². The first-order valence-electron chi connectivity index (χ1n) is 11.2. The third-order valence-corrected chi connectivity index (χ3v) is 7.05. The number of nitrogens with zero attached hydrogens (tertiary/aromatic N) is 2. The number of halogens is 2. The second-order valence-corrected chi connectivity index (χ2v) is 9.83. The summed E-state index contributed by atoms with van der Waals surface area (Å²) in [5, 5.41) is 13.7. The van der Waals surface area contributed by atoms with Crippen LogP contribution in [0.15, 0.2) is 65.6 Å². The fourth-order valence-electron chi connectivity index (χ4n) is 3.56. The summed E-state index contributed by atoms with van der Waals surface area (Å²) in [5.74, 6) is -0.480. The molecule has 0 unspecified atom stereocenters. The van der Waals surface area contributed by atoms with Crippen molar-refractivity contribution in [3.63, 3.8) is 0 Å². The first kappa shape index (κ1) is 28.0. The number of imide groups is 1. The van der Waals surface area contributed by atoms with E-state index in [0.29, 0.717) is 21.2 Å². The molecule has 3 amide bonds. The van der Waals surface area contributed by atoms with Crippen molar-refractivity contribution in [1.82, 2.24) is 4.90 Å². The molecule has 4 rings (SSSR count). The van der Waals surface area contributed by atoms with Crippen LogP contribution in [0.4, 0.5) is 16.2 Å². The number of hydrogen-bond acceptors (Lipinski definition) is 8. The molecule has 13 heteroatoms. The molecule has 1 aliphatic rings. The van der Waals surface area contributed by atoms with Gasteiger partial charge >= 0.3 is 0 Å². The van der Waals surface area contributed by atoms with Gasteiger partial charge in [-0.15, -0.1) is 0 Å². The first-order valence-corrected chi connectivity index (χ1v) is 12.8. The lowest BCUT2D eigenvalue weighted by Crippen LogP contribution is -2.27. The number of ether oxygens (including phenoxy) is 2. The monoisotopic (exact) mass is 587 g/mol. The van der Waals surface area contributed by atoms with Crippen molar-refractivity contribution >= 4 is 69.5 Å². The Kier molecular flexibility index (Phi) is 8.75. The van der Waals surface area contributed by atoms with E-state index in [0.717, 1.165) is 16.7 Å². The Morgan fingerprint density at radius 1 is 1.08 bits per heavy atom. The summed E-state index contributed by atoms with van der Waals surface area (Å²) in [7, 11) is 1.41. The third-order valence-electron chi connectivity index (χ3n) is 5.44. The fraction of sp³-hybridized carbons (Fsp3) is 0.115. The van der Waals surface area contributed by atoms with Crippen molar-refractivity contribution in [1.29, 1.82) is 0 Å². The smallest absolute Gasteiger partial charge is 0.293 e. The molecule has 0 radical (unpaired) electrons. The number of hydrogen-bond donors (Lipinski definition) is 1. The standard InChI is InChI=1S/C26H19Cl2N3O7S/c1-37-22-10-15(8-9-21(22)38-14-24(32)29-16-4-2-5-17(12-16)31(35)36)11-23-25(33)30(26(34)39-23)13-18-19(27)6-3-7-20(18)28/h2-12H,13-14H2,1H3,(H,29,32)/b23-11-. The number of thioether (sulfide) groups is 1. The summed E-state index contributed by atoms with van der Waals surface area (Å²) < 4.78 is 10.9. The van der Waals surface area contributed by atoms with Gasteiger partial charge in [0, 0.05) is 33.4 Å². The number of rotatable bonds is 9. The maximum absolute atomic E-state index is 12.9. The number of carbonyl (C=O) groups excluding carboxylic acids is 3. The van der Waals surface area contributed by atoms with Gasteiger partial charge in [-0.05, 0) is 53.7 Å². The van der Waals surface area contributed by atoms with E-state index < -0.39 is 22.0 Å². The number of methoxy groups -OCH3 is 1. The predicted octanol–water partition coefficient (Wildman–Crippen LogP) is 6.16. The lowest BCUT2D eigenvalue weighted by atomic mass is 10.1. The summed E-state index contributed by atoms with van der Waals surface area (Å²) in [4.78, 5) is 49.4. The van der Waals surface area contributed by atoms with Crippen molar-refractivity contribution in [3.05, 3.63) is 96.9 Å². The maximum Gasteiger partial charge on any atom is 0.293 e. The Morgan fingerprint density at radius 2 is 1.79 bits per heavy atom. The molecule has 3 aromatic rings. The van der Waals surface area contributed by atoms with Crippen molar-refractivity contribution in [3.8, 4) is 11.5 Å². The molecule has 10 nitrogen and oxygen atoms in total. The average Bonchev–Trinajstić information content (AvgIpc) is 3.17. The van der Waals surface area contributed by atoms with E-state index >= 15 is 0 Å². The number of amides is 3. The SMILES string of the molecule is COc1cc(/C=C2\SC(=O)N(Cc3c(Cl)cccc3Cl)C2=O)ccc1OCC(=O)Nc1cccc([N+](=O)[O-])c1. The molecular formula is C26H19Cl2N3O7S. The van der Waals surface area contributed by atoms with E-state index in [9.17, 15) is 24.5 Å². The molecule has 0 saturated carbocycles. The molecular weight excluding hydrogens is 569 g/mol. The summed E-state index contributed by atoms with van der Waals surface area (Å²) in [5.41, 5.74) is 1.13. The maximum atomic E-state index is 12.9. The van der Waals surface area contributed by atoms with Crippen LogP contribution in [0, 0.1) is 10.1 Å². The number of non-ortho nitro benzene ring substituents is 1. The van der Waals surface area contributed by atoms with Crippen LogP contribution < -0.4 is 14.8 Å². The Hall–Kier alpha value is -4.06.